The highest BCUT2D eigenvalue weighted by molar-refractivity contribution is 14.1. The normalized spacial score (nSPS) is 10.3. The van der Waals surface area contributed by atoms with Crippen LogP contribution in [0.1, 0.15) is 5.56 Å². The van der Waals surface area contributed by atoms with Gasteiger partial charge in [-0.25, -0.2) is 0 Å². The average molecular weight is 286 g/mol. The van der Waals surface area contributed by atoms with Crippen molar-refractivity contribution in [2.75, 3.05) is 0 Å². The second-order valence-corrected chi connectivity index (χ2v) is 3.77. The lowest BCUT2D eigenvalue weighted by Crippen LogP contribution is -2.29. The lowest BCUT2D eigenvalue weighted by Gasteiger charge is -2.00. The first kappa shape index (κ1) is 8.68. The largest absolute Gasteiger partial charge is 0.382 e. The molecule has 0 aliphatic heterocycles. The molecule has 0 bridgehead atoms. The standard InChI is InChI=1S/C9H9IN3/c1-8-7-11-4-3-9(8)12-5-2-6-13(12)10/h2-7H,1H3/q+1. The van der Waals surface area contributed by atoms with Crippen LogP contribution in [0.25, 0.3) is 5.69 Å². The van der Waals surface area contributed by atoms with Gasteiger partial charge in [-0.2, -0.15) is 0 Å². The molecule has 0 radical (unpaired) electrons. The Balaban J connectivity index is 2.59. The van der Waals surface area contributed by atoms with Crippen LogP contribution in [0.2, 0.25) is 0 Å². The molecule has 2 aromatic heterocycles. The molecule has 0 saturated carbocycles. The van der Waals surface area contributed by atoms with E-state index in [1.54, 1.807) is 6.20 Å². The fourth-order valence-corrected chi connectivity index (χ4v) is 1.79. The SMILES string of the molecule is Cc1cnccc1-n1ccc[n+]1I. The molecule has 13 heavy (non-hydrogen) atoms. The molecular formula is C9H9IN3+. The van der Waals surface area contributed by atoms with Gasteiger partial charge in [0.15, 0.2) is 0 Å². The van der Waals surface area contributed by atoms with E-state index in [1.807, 2.05) is 33.6 Å². The molecule has 0 amide bonds. The zero-order chi connectivity index (χ0) is 9.26. The molecule has 0 aromatic carbocycles. The maximum atomic E-state index is 4.06. The summed E-state index contributed by atoms with van der Waals surface area (Å²) in [6, 6.07) is 4.01. The van der Waals surface area contributed by atoms with Gasteiger partial charge in [0.25, 0.3) is 0 Å². The van der Waals surface area contributed by atoms with E-state index in [2.05, 4.69) is 39.5 Å². The summed E-state index contributed by atoms with van der Waals surface area (Å²) in [6.07, 6.45) is 7.69. The Labute approximate surface area is 90.5 Å². The summed E-state index contributed by atoms with van der Waals surface area (Å²) in [5.74, 6) is 0. The number of pyridine rings is 1. The van der Waals surface area contributed by atoms with E-state index in [0.717, 1.165) is 5.69 Å². The summed E-state index contributed by atoms with van der Waals surface area (Å²) >= 11 is 2.23. The van der Waals surface area contributed by atoms with Crippen LogP contribution in [-0.2, 0) is 0 Å². The Morgan fingerprint density at radius 1 is 1.54 bits per heavy atom. The Bertz CT molecular complexity index is 422. The van der Waals surface area contributed by atoms with E-state index in [9.17, 15) is 0 Å². The van der Waals surface area contributed by atoms with E-state index >= 15 is 0 Å². The minimum absolute atomic E-state index is 1.16. The molecule has 0 saturated heterocycles. The average Bonchev–Trinajstić information content (AvgIpc) is 2.52. The van der Waals surface area contributed by atoms with Gasteiger partial charge in [0, 0.05) is 18.5 Å². The number of rotatable bonds is 1. The van der Waals surface area contributed by atoms with Crippen molar-refractivity contribution in [2.45, 2.75) is 6.92 Å². The molecule has 2 heterocycles. The van der Waals surface area contributed by atoms with Gasteiger partial charge in [0.1, 0.15) is 5.69 Å². The van der Waals surface area contributed by atoms with Crippen molar-refractivity contribution in [2.24, 2.45) is 0 Å². The van der Waals surface area contributed by atoms with Gasteiger partial charge in [-0.15, -0.1) is 4.68 Å². The summed E-state index contributed by atoms with van der Waals surface area (Å²) in [5, 5.41) is 0. The van der Waals surface area contributed by atoms with E-state index < -0.39 is 0 Å². The zero-order valence-corrected chi connectivity index (χ0v) is 9.34. The topological polar surface area (TPSA) is 21.7 Å². The quantitative estimate of drug-likeness (QED) is 0.731. The molecule has 0 unspecified atom stereocenters. The Hall–Kier alpha value is -0.910. The first-order valence-electron chi connectivity index (χ1n) is 3.95. The highest BCUT2D eigenvalue weighted by Gasteiger charge is 2.08. The first-order chi connectivity index (χ1) is 6.29. The Morgan fingerprint density at radius 3 is 3.00 bits per heavy atom. The van der Waals surface area contributed by atoms with Gasteiger partial charge in [-0.05, 0) is 21.4 Å². The van der Waals surface area contributed by atoms with E-state index in [1.165, 1.54) is 5.56 Å². The van der Waals surface area contributed by atoms with Gasteiger partial charge in [0.2, 0.25) is 6.20 Å². The predicted molar refractivity (Wildman–Crippen MR) is 57.9 cm³/mol. The van der Waals surface area contributed by atoms with Crippen molar-refractivity contribution >= 4 is 22.9 Å². The number of halogens is 1. The fourth-order valence-electron chi connectivity index (χ4n) is 1.23. The summed E-state index contributed by atoms with van der Waals surface area (Å²) in [6.45, 7) is 2.05. The van der Waals surface area contributed by atoms with Crippen LogP contribution >= 0.6 is 22.9 Å². The second kappa shape index (κ2) is 3.45. The van der Waals surface area contributed by atoms with Crippen LogP contribution in [0.15, 0.2) is 36.9 Å². The molecule has 3 nitrogen and oxygen atoms in total. The van der Waals surface area contributed by atoms with Gasteiger partial charge in [-0.3, -0.25) is 4.98 Å². The Morgan fingerprint density at radius 2 is 2.38 bits per heavy atom. The molecule has 0 fully saturated rings. The minimum Gasteiger partial charge on any atom is -0.264 e. The molecule has 2 aromatic rings. The molecule has 66 valence electrons. The molecule has 0 spiro atoms. The summed E-state index contributed by atoms with van der Waals surface area (Å²) < 4.78 is 4.07. The number of aromatic nitrogens is 3. The maximum absolute atomic E-state index is 4.06. The van der Waals surface area contributed by atoms with Gasteiger partial charge in [0.05, 0.1) is 6.20 Å². The lowest BCUT2D eigenvalue weighted by molar-refractivity contribution is -0.531. The number of aryl methyl sites for hydroxylation is 1. The van der Waals surface area contributed by atoms with Crippen molar-refractivity contribution in [3.63, 3.8) is 0 Å². The molecule has 2 rings (SSSR count). The zero-order valence-electron chi connectivity index (χ0n) is 7.18. The third kappa shape index (κ3) is 1.58. The van der Waals surface area contributed by atoms with Gasteiger partial charge in [-0.1, -0.05) is 0 Å². The van der Waals surface area contributed by atoms with Crippen molar-refractivity contribution in [1.29, 1.82) is 0 Å². The minimum atomic E-state index is 1.16. The van der Waals surface area contributed by atoms with Crippen molar-refractivity contribution in [3.8, 4) is 5.69 Å². The van der Waals surface area contributed by atoms with E-state index in [4.69, 9.17) is 0 Å². The fraction of sp³-hybridized carbons (Fsp3) is 0.111. The van der Waals surface area contributed by atoms with Crippen LogP contribution in [0.5, 0.6) is 0 Å². The van der Waals surface area contributed by atoms with Crippen molar-refractivity contribution < 1.29 is 2.90 Å². The predicted octanol–water partition coefficient (Wildman–Crippen LogP) is 1.67. The lowest BCUT2D eigenvalue weighted by atomic mass is 10.3. The van der Waals surface area contributed by atoms with Crippen LogP contribution in [0.3, 0.4) is 0 Å². The van der Waals surface area contributed by atoms with Gasteiger partial charge >= 0.3 is 22.9 Å². The molecule has 0 atom stereocenters. The van der Waals surface area contributed by atoms with Crippen LogP contribution in [0.4, 0.5) is 0 Å². The number of hydrogen-bond acceptors (Lipinski definition) is 1. The van der Waals surface area contributed by atoms with Crippen molar-refractivity contribution in [3.05, 3.63) is 42.5 Å². The Kier molecular flexibility index (Phi) is 2.30. The highest BCUT2D eigenvalue weighted by Crippen LogP contribution is 2.09. The third-order valence-electron chi connectivity index (χ3n) is 1.88. The molecular weight excluding hydrogens is 277 g/mol. The smallest absolute Gasteiger partial charge is 0.264 e. The van der Waals surface area contributed by atoms with E-state index in [-0.39, 0.29) is 0 Å². The molecule has 0 N–H and O–H groups in total. The highest BCUT2D eigenvalue weighted by atomic mass is 127. The summed E-state index contributed by atoms with van der Waals surface area (Å²) in [7, 11) is 0. The number of nitrogens with zero attached hydrogens (tertiary/aromatic N) is 3. The maximum Gasteiger partial charge on any atom is 0.382 e. The second-order valence-electron chi connectivity index (χ2n) is 2.79. The summed E-state index contributed by atoms with van der Waals surface area (Å²) in [5.41, 5.74) is 2.33. The van der Waals surface area contributed by atoms with Crippen molar-refractivity contribution in [1.82, 2.24) is 9.67 Å². The molecule has 4 heteroatoms. The summed E-state index contributed by atoms with van der Waals surface area (Å²) in [4.78, 5) is 4.06. The van der Waals surface area contributed by atoms with Crippen LogP contribution in [-0.4, -0.2) is 9.67 Å². The number of hydrogen-bond donors (Lipinski definition) is 0. The first-order valence-corrected chi connectivity index (χ1v) is 4.92. The van der Waals surface area contributed by atoms with Crippen LogP contribution < -0.4 is 2.90 Å². The van der Waals surface area contributed by atoms with Crippen LogP contribution in [0, 0.1) is 6.92 Å². The third-order valence-corrected chi connectivity index (χ3v) is 2.67. The molecule has 0 aliphatic rings. The van der Waals surface area contributed by atoms with E-state index in [0.29, 0.717) is 0 Å². The van der Waals surface area contributed by atoms with Gasteiger partial charge < -0.3 is 0 Å². The monoisotopic (exact) mass is 286 g/mol. The molecule has 0 aliphatic carbocycles.